The first kappa shape index (κ1) is 16.7. The van der Waals surface area contributed by atoms with Crippen LogP contribution in [0.5, 0.6) is 5.75 Å². The summed E-state index contributed by atoms with van der Waals surface area (Å²) in [7, 11) is 0. The van der Waals surface area contributed by atoms with Gasteiger partial charge in [0.25, 0.3) is 5.91 Å². The number of halogens is 1. The van der Waals surface area contributed by atoms with E-state index in [-0.39, 0.29) is 11.4 Å². The number of thioether (sulfide) groups is 1. The second kappa shape index (κ2) is 7.19. The number of carbonyl (C=O) groups excluding carboxylic acids is 1. The van der Waals surface area contributed by atoms with Crippen LogP contribution >= 0.6 is 27.7 Å². The molecule has 5 nitrogen and oxygen atoms in total. The Balaban J connectivity index is 1.88. The van der Waals surface area contributed by atoms with Gasteiger partial charge < -0.3 is 10.4 Å². The highest BCUT2D eigenvalue weighted by molar-refractivity contribution is 9.10. The molecule has 122 valence electrons. The van der Waals surface area contributed by atoms with Gasteiger partial charge in [-0.2, -0.15) is 0 Å². The second-order valence-electron chi connectivity index (χ2n) is 4.99. The highest BCUT2D eigenvalue weighted by Gasteiger charge is 2.19. The monoisotopic (exact) mass is 403 g/mol. The van der Waals surface area contributed by atoms with Crippen molar-refractivity contribution in [3.8, 4) is 5.75 Å². The van der Waals surface area contributed by atoms with E-state index in [0.717, 1.165) is 10.5 Å². The molecule has 0 saturated heterocycles. The Labute approximate surface area is 151 Å². The van der Waals surface area contributed by atoms with Crippen molar-refractivity contribution in [1.82, 2.24) is 15.3 Å². The topological polar surface area (TPSA) is 75.1 Å². The van der Waals surface area contributed by atoms with Crippen LogP contribution in [0.4, 0.5) is 0 Å². The predicted octanol–water partition coefficient (Wildman–Crippen LogP) is 3.75. The third-order valence-corrected chi connectivity index (χ3v) is 4.98. The molecule has 0 aliphatic heterocycles. The molecule has 3 aromatic rings. The van der Waals surface area contributed by atoms with Gasteiger partial charge in [0.2, 0.25) is 0 Å². The number of rotatable bonds is 4. The van der Waals surface area contributed by atoms with E-state index < -0.39 is 5.91 Å². The first-order valence-corrected chi connectivity index (χ1v) is 9.17. The lowest BCUT2D eigenvalue weighted by atomic mass is 10.2. The van der Waals surface area contributed by atoms with Gasteiger partial charge >= 0.3 is 0 Å². The number of nitrogens with zero attached hydrogens (tertiary/aromatic N) is 2. The quantitative estimate of drug-likeness (QED) is 0.512. The molecule has 0 fully saturated rings. The third kappa shape index (κ3) is 3.22. The van der Waals surface area contributed by atoms with Gasteiger partial charge in [0.05, 0.1) is 0 Å². The molecular weight excluding hydrogens is 390 g/mol. The van der Waals surface area contributed by atoms with E-state index in [4.69, 9.17) is 0 Å². The van der Waals surface area contributed by atoms with E-state index in [0.29, 0.717) is 22.1 Å². The van der Waals surface area contributed by atoms with Crippen LogP contribution in [0.25, 0.3) is 10.9 Å². The summed E-state index contributed by atoms with van der Waals surface area (Å²) >= 11 is 4.94. The first-order chi connectivity index (χ1) is 11.6. The van der Waals surface area contributed by atoms with Gasteiger partial charge in [0.1, 0.15) is 10.1 Å². The van der Waals surface area contributed by atoms with E-state index >= 15 is 0 Å². The van der Waals surface area contributed by atoms with Crippen LogP contribution in [0.15, 0.2) is 52.1 Å². The number of pyridine rings is 2. The summed E-state index contributed by atoms with van der Waals surface area (Å²) in [5.41, 5.74) is 1.31. The summed E-state index contributed by atoms with van der Waals surface area (Å²) in [6.07, 6.45) is 3.55. The number of fused-ring (bicyclic) bond motifs is 1. The van der Waals surface area contributed by atoms with Gasteiger partial charge in [-0.05, 0) is 45.9 Å². The first-order valence-electron chi connectivity index (χ1n) is 7.15. The standard InChI is InChI=1S/C17H14BrN3O2S/c1-24-12-7-3-2-5-10(12)9-20-17(23)14-15(22)13-11(16(18)21-14)6-4-8-19-13/h2-8,22H,9H2,1H3,(H,20,23). The fourth-order valence-corrected chi connectivity index (χ4v) is 3.46. The molecule has 1 aromatic carbocycles. The van der Waals surface area contributed by atoms with E-state index in [1.54, 1.807) is 30.1 Å². The molecule has 0 bridgehead atoms. The normalized spacial score (nSPS) is 10.8. The highest BCUT2D eigenvalue weighted by Crippen LogP contribution is 2.30. The number of hydrogen-bond acceptors (Lipinski definition) is 5. The number of benzene rings is 1. The van der Waals surface area contributed by atoms with Gasteiger partial charge in [0, 0.05) is 23.0 Å². The zero-order chi connectivity index (χ0) is 17.1. The summed E-state index contributed by atoms with van der Waals surface area (Å²) in [4.78, 5) is 21.8. The SMILES string of the molecule is CSc1ccccc1CNC(=O)c1nc(Br)c2cccnc2c1O. The summed E-state index contributed by atoms with van der Waals surface area (Å²) in [5, 5.41) is 13.8. The molecule has 0 spiro atoms. The van der Waals surface area contributed by atoms with E-state index in [1.807, 2.05) is 30.5 Å². The van der Waals surface area contributed by atoms with E-state index in [2.05, 4.69) is 31.2 Å². The Bertz CT molecular complexity index is 917. The lowest BCUT2D eigenvalue weighted by molar-refractivity contribution is 0.0943. The molecule has 1 amide bonds. The Morgan fingerprint density at radius 2 is 2.08 bits per heavy atom. The molecule has 2 N–H and O–H groups in total. The fourth-order valence-electron chi connectivity index (χ4n) is 2.35. The van der Waals surface area contributed by atoms with Crippen molar-refractivity contribution in [3.63, 3.8) is 0 Å². The minimum Gasteiger partial charge on any atom is -0.504 e. The van der Waals surface area contributed by atoms with Gasteiger partial charge in [-0.3, -0.25) is 9.78 Å². The van der Waals surface area contributed by atoms with Crippen LogP contribution < -0.4 is 5.32 Å². The van der Waals surface area contributed by atoms with Crippen molar-refractivity contribution in [2.45, 2.75) is 11.4 Å². The average Bonchev–Trinajstić information content (AvgIpc) is 2.63. The van der Waals surface area contributed by atoms with Crippen molar-refractivity contribution in [1.29, 1.82) is 0 Å². The zero-order valence-electron chi connectivity index (χ0n) is 12.8. The van der Waals surface area contributed by atoms with Gasteiger partial charge in [-0.25, -0.2) is 4.98 Å². The number of amides is 1. The summed E-state index contributed by atoms with van der Waals surface area (Å²) in [6.45, 7) is 0.356. The number of aromatic nitrogens is 2. The molecule has 2 heterocycles. The predicted molar refractivity (Wildman–Crippen MR) is 98.3 cm³/mol. The lowest BCUT2D eigenvalue weighted by Crippen LogP contribution is -2.24. The molecule has 0 atom stereocenters. The molecule has 0 aliphatic rings. The van der Waals surface area contributed by atoms with Crippen LogP contribution in [-0.4, -0.2) is 27.2 Å². The number of aromatic hydroxyl groups is 1. The maximum atomic E-state index is 12.4. The fraction of sp³-hybridized carbons (Fsp3) is 0.118. The molecule has 0 radical (unpaired) electrons. The molecule has 2 aromatic heterocycles. The molecule has 0 aliphatic carbocycles. The molecular formula is C17H14BrN3O2S. The maximum absolute atomic E-state index is 12.4. The minimum absolute atomic E-state index is 0.0466. The smallest absolute Gasteiger partial charge is 0.274 e. The number of nitrogens with one attached hydrogen (secondary N) is 1. The van der Waals surface area contributed by atoms with Gasteiger partial charge in [0.15, 0.2) is 11.4 Å². The Morgan fingerprint density at radius 1 is 1.29 bits per heavy atom. The summed E-state index contributed by atoms with van der Waals surface area (Å²) in [6, 6.07) is 11.3. The van der Waals surface area contributed by atoms with Crippen molar-refractivity contribution in [3.05, 3.63) is 58.5 Å². The Hall–Kier alpha value is -2.12. The van der Waals surface area contributed by atoms with Gasteiger partial charge in [-0.1, -0.05) is 18.2 Å². The largest absolute Gasteiger partial charge is 0.504 e. The van der Waals surface area contributed by atoms with E-state index in [9.17, 15) is 9.90 Å². The van der Waals surface area contributed by atoms with Crippen molar-refractivity contribution in [2.24, 2.45) is 0 Å². The van der Waals surface area contributed by atoms with Crippen LogP contribution in [0.1, 0.15) is 16.1 Å². The zero-order valence-corrected chi connectivity index (χ0v) is 15.2. The van der Waals surface area contributed by atoms with E-state index in [1.165, 1.54) is 0 Å². The minimum atomic E-state index is -0.448. The van der Waals surface area contributed by atoms with Crippen molar-refractivity contribution in [2.75, 3.05) is 6.26 Å². The highest BCUT2D eigenvalue weighted by atomic mass is 79.9. The van der Waals surface area contributed by atoms with Crippen molar-refractivity contribution < 1.29 is 9.90 Å². The lowest BCUT2D eigenvalue weighted by Gasteiger charge is -2.11. The summed E-state index contributed by atoms with van der Waals surface area (Å²) < 4.78 is 0.470. The molecule has 24 heavy (non-hydrogen) atoms. The third-order valence-electron chi connectivity index (χ3n) is 3.54. The van der Waals surface area contributed by atoms with Crippen LogP contribution in [0, 0.1) is 0 Å². The molecule has 3 rings (SSSR count). The van der Waals surface area contributed by atoms with Crippen LogP contribution in [-0.2, 0) is 6.54 Å². The van der Waals surface area contributed by atoms with Crippen LogP contribution in [0.3, 0.4) is 0 Å². The molecule has 7 heteroatoms. The number of carbonyl (C=O) groups is 1. The molecule has 0 saturated carbocycles. The summed E-state index contributed by atoms with van der Waals surface area (Å²) in [5.74, 6) is -0.666. The number of hydrogen-bond donors (Lipinski definition) is 2. The van der Waals surface area contributed by atoms with Crippen molar-refractivity contribution >= 4 is 44.5 Å². The Kier molecular flexibility index (Phi) is 5.01. The maximum Gasteiger partial charge on any atom is 0.274 e. The average molecular weight is 404 g/mol. The van der Waals surface area contributed by atoms with Crippen LogP contribution in [0.2, 0.25) is 0 Å². The second-order valence-corrected chi connectivity index (χ2v) is 6.59. The molecule has 0 unspecified atom stereocenters. The van der Waals surface area contributed by atoms with Gasteiger partial charge in [-0.15, -0.1) is 11.8 Å². The Morgan fingerprint density at radius 3 is 2.88 bits per heavy atom.